The second-order valence-electron chi connectivity index (χ2n) is 5.37. The summed E-state index contributed by atoms with van der Waals surface area (Å²) in [7, 11) is 6.00. The highest BCUT2D eigenvalue weighted by molar-refractivity contribution is 4.71. The molecule has 0 heterocycles. The van der Waals surface area contributed by atoms with Crippen LogP contribution in [0.4, 0.5) is 0 Å². The van der Waals surface area contributed by atoms with Crippen LogP contribution in [-0.2, 0) is 0 Å². The quantitative estimate of drug-likeness (QED) is 0.762. The Labute approximate surface area is 90.3 Å². The summed E-state index contributed by atoms with van der Waals surface area (Å²) in [5, 5.41) is 9.52. The van der Waals surface area contributed by atoms with Crippen molar-refractivity contribution in [3.8, 4) is 0 Å². The lowest BCUT2D eigenvalue weighted by atomic mass is 9.86. The zero-order chi connectivity index (χ0) is 11.8. The third-order valence-corrected chi connectivity index (χ3v) is 1.83. The maximum atomic E-state index is 9.52. The van der Waals surface area contributed by atoms with Gasteiger partial charge in [0.2, 0.25) is 0 Å². The van der Waals surface area contributed by atoms with Gasteiger partial charge < -0.3 is 10.0 Å². The van der Waals surface area contributed by atoms with Crippen LogP contribution in [0.1, 0.15) is 47.0 Å². The van der Waals surface area contributed by atoms with E-state index in [1.165, 1.54) is 6.42 Å². The number of unbranched alkanes of at least 4 members (excludes halogenated alkanes) is 1. The molecule has 1 unspecified atom stereocenters. The predicted molar refractivity (Wildman–Crippen MR) is 64.6 cm³/mol. The number of aliphatic hydroxyl groups is 1. The normalized spacial score (nSPS) is 13.5. The van der Waals surface area contributed by atoms with Gasteiger partial charge in [0.15, 0.2) is 0 Å². The van der Waals surface area contributed by atoms with E-state index in [1.807, 2.05) is 26.0 Å². The van der Waals surface area contributed by atoms with E-state index in [9.17, 15) is 5.11 Å². The van der Waals surface area contributed by atoms with Crippen LogP contribution in [0.15, 0.2) is 0 Å². The van der Waals surface area contributed by atoms with Gasteiger partial charge in [0.25, 0.3) is 0 Å². The van der Waals surface area contributed by atoms with E-state index in [-0.39, 0.29) is 11.5 Å². The molecule has 0 aromatic rings. The minimum atomic E-state index is -0.132. The van der Waals surface area contributed by atoms with E-state index in [2.05, 4.69) is 27.7 Å². The maximum absolute atomic E-state index is 9.52. The van der Waals surface area contributed by atoms with Crippen molar-refractivity contribution in [2.75, 3.05) is 21.1 Å². The van der Waals surface area contributed by atoms with E-state index in [0.29, 0.717) is 0 Å². The molecule has 0 radical (unpaired) electrons. The van der Waals surface area contributed by atoms with Gasteiger partial charge in [0.05, 0.1) is 6.10 Å². The molecule has 0 bridgehead atoms. The van der Waals surface area contributed by atoms with Gasteiger partial charge in [-0.15, -0.1) is 0 Å². The molecule has 2 nitrogen and oxygen atoms in total. The maximum Gasteiger partial charge on any atom is 0.0588 e. The minimum absolute atomic E-state index is 0.0647. The topological polar surface area (TPSA) is 23.5 Å². The highest BCUT2D eigenvalue weighted by Crippen LogP contribution is 2.22. The first kappa shape index (κ1) is 16.4. The molecular weight excluding hydrogens is 174 g/mol. The standard InChI is InChI=1S/C9H20O.C3H9N/c1-5-6-7-8(10)9(2,3)4;1-4(2)3/h8,10H,5-7H2,1-4H3;1-3H3. The molecule has 0 aromatic heterocycles. The van der Waals surface area contributed by atoms with Crippen LogP contribution in [0.5, 0.6) is 0 Å². The lowest BCUT2D eigenvalue weighted by Gasteiger charge is -2.25. The van der Waals surface area contributed by atoms with Crippen molar-refractivity contribution in [3.63, 3.8) is 0 Å². The Morgan fingerprint density at radius 3 is 1.71 bits per heavy atom. The molecule has 0 aromatic carbocycles. The van der Waals surface area contributed by atoms with Crippen LogP contribution in [0.3, 0.4) is 0 Å². The van der Waals surface area contributed by atoms with Crippen LogP contribution in [0, 0.1) is 5.41 Å². The molecule has 1 N–H and O–H groups in total. The zero-order valence-corrected chi connectivity index (χ0v) is 11.1. The highest BCUT2D eigenvalue weighted by Gasteiger charge is 2.20. The Morgan fingerprint density at radius 1 is 1.14 bits per heavy atom. The molecule has 88 valence electrons. The fraction of sp³-hybridized carbons (Fsp3) is 1.00. The smallest absolute Gasteiger partial charge is 0.0588 e. The largest absolute Gasteiger partial charge is 0.393 e. The third kappa shape index (κ3) is 14.4. The van der Waals surface area contributed by atoms with Crippen LogP contribution in [-0.4, -0.2) is 37.3 Å². The van der Waals surface area contributed by atoms with Gasteiger partial charge in [-0.05, 0) is 33.0 Å². The summed E-state index contributed by atoms with van der Waals surface area (Å²) in [6.45, 7) is 8.38. The Balaban J connectivity index is 0. The van der Waals surface area contributed by atoms with Gasteiger partial charge in [-0.3, -0.25) is 0 Å². The number of aliphatic hydroxyl groups excluding tert-OH is 1. The van der Waals surface area contributed by atoms with Crippen molar-refractivity contribution >= 4 is 0 Å². The van der Waals surface area contributed by atoms with Gasteiger partial charge in [-0.25, -0.2) is 0 Å². The van der Waals surface area contributed by atoms with Crippen molar-refractivity contribution in [1.29, 1.82) is 0 Å². The van der Waals surface area contributed by atoms with Crippen molar-refractivity contribution in [1.82, 2.24) is 4.90 Å². The molecule has 0 aliphatic carbocycles. The molecule has 1 atom stereocenters. The Morgan fingerprint density at radius 2 is 1.50 bits per heavy atom. The van der Waals surface area contributed by atoms with Crippen LogP contribution in [0.25, 0.3) is 0 Å². The molecule has 0 rings (SSSR count). The Kier molecular flexibility index (Phi) is 9.63. The summed E-state index contributed by atoms with van der Waals surface area (Å²) in [5.74, 6) is 0. The summed E-state index contributed by atoms with van der Waals surface area (Å²) < 4.78 is 0. The lowest BCUT2D eigenvalue weighted by molar-refractivity contribution is 0.0538. The average Bonchev–Trinajstić information content (AvgIpc) is 1.97. The molecule has 0 amide bonds. The summed E-state index contributed by atoms with van der Waals surface area (Å²) in [5.41, 5.74) is 0.0647. The van der Waals surface area contributed by atoms with E-state index in [0.717, 1.165) is 12.8 Å². The number of rotatable bonds is 3. The monoisotopic (exact) mass is 203 g/mol. The fourth-order valence-electron chi connectivity index (χ4n) is 0.830. The van der Waals surface area contributed by atoms with Crippen molar-refractivity contribution < 1.29 is 5.11 Å². The van der Waals surface area contributed by atoms with Crippen LogP contribution in [0.2, 0.25) is 0 Å². The number of hydrogen-bond acceptors (Lipinski definition) is 2. The second-order valence-corrected chi connectivity index (χ2v) is 5.37. The van der Waals surface area contributed by atoms with Crippen molar-refractivity contribution in [3.05, 3.63) is 0 Å². The van der Waals surface area contributed by atoms with E-state index < -0.39 is 0 Å². The molecule has 0 saturated carbocycles. The van der Waals surface area contributed by atoms with Crippen LogP contribution >= 0.6 is 0 Å². The van der Waals surface area contributed by atoms with E-state index in [4.69, 9.17) is 0 Å². The summed E-state index contributed by atoms with van der Waals surface area (Å²) in [6, 6.07) is 0. The molecule has 0 saturated heterocycles. The SMILES string of the molecule is CCCCC(O)C(C)(C)C.CN(C)C. The van der Waals surface area contributed by atoms with Gasteiger partial charge in [-0.1, -0.05) is 40.5 Å². The van der Waals surface area contributed by atoms with E-state index in [1.54, 1.807) is 0 Å². The molecule has 0 aliphatic heterocycles. The zero-order valence-electron chi connectivity index (χ0n) is 11.1. The van der Waals surface area contributed by atoms with Crippen molar-refractivity contribution in [2.45, 2.75) is 53.1 Å². The summed E-state index contributed by atoms with van der Waals surface area (Å²) >= 11 is 0. The average molecular weight is 203 g/mol. The molecule has 14 heavy (non-hydrogen) atoms. The fourth-order valence-corrected chi connectivity index (χ4v) is 0.830. The highest BCUT2D eigenvalue weighted by atomic mass is 16.3. The van der Waals surface area contributed by atoms with Crippen LogP contribution < -0.4 is 0 Å². The van der Waals surface area contributed by atoms with E-state index >= 15 is 0 Å². The third-order valence-electron chi connectivity index (χ3n) is 1.83. The van der Waals surface area contributed by atoms with Gasteiger partial charge in [-0.2, -0.15) is 0 Å². The molecule has 2 heteroatoms. The molecule has 0 spiro atoms. The predicted octanol–water partition coefficient (Wildman–Crippen LogP) is 2.76. The first-order valence-corrected chi connectivity index (χ1v) is 5.50. The Bertz CT molecular complexity index is 113. The first-order valence-electron chi connectivity index (χ1n) is 5.50. The van der Waals surface area contributed by atoms with Gasteiger partial charge in [0.1, 0.15) is 0 Å². The number of nitrogens with zero attached hydrogens (tertiary/aromatic N) is 1. The molecule has 0 fully saturated rings. The minimum Gasteiger partial charge on any atom is -0.393 e. The number of hydrogen-bond donors (Lipinski definition) is 1. The summed E-state index contributed by atoms with van der Waals surface area (Å²) in [4.78, 5) is 2.00. The second kappa shape index (κ2) is 8.25. The molecular formula is C12H29NO. The Hall–Kier alpha value is -0.0800. The molecule has 0 aliphatic rings. The van der Waals surface area contributed by atoms with Gasteiger partial charge in [0, 0.05) is 0 Å². The lowest BCUT2D eigenvalue weighted by Crippen LogP contribution is -2.25. The van der Waals surface area contributed by atoms with Crippen molar-refractivity contribution in [2.24, 2.45) is 5.41 Å². The van der Waals surface area contributed by atoms with Gasteiger partial charge >= 0.3 is 0 Å². The first-order chi connectivity index (χ1) is 6.21. The summed E-state index contributed by atoms with van der Waals surface area (Å²) in [6.07, 6.45) is 3.12.